The summed E-state index contributed by atoms with van der Waals surface area (Å²) in [5.74, 6) is 1.50. The number of para-hydroxylation sites is 3. The van der Waals surface area contributed by atoms with E-state index in [4.69, 9.17) is 8.83 Å². The van der Waals surface area contributed by atoms with Gasteiger partial charge in [0, 0.05) is 65.5 Å². The molecule has 280 valence electrons. The van der Waals surface area contributed by atoms with Crippen LogP contribution < -0.4 is 4.90 Å². The summed E-state index contributed by atoms with van der Waals surface area (Å²) in [6.07, 6.45) is 0. The number of anilines is 3. The molecule has 0 bridgehead atoms. The van der Waals surface area contributed by atoms with Crippen LogP contribution in [0.5, 0.6) is 0 Å². The van der Waals surface area contributed by atoms with Crippen LogP contribution >= 0.6 is 23.5 Å². The first kappa shape index (κ1) is 34.2. The largest absolute Gasteiger partial charge is 0.456 e. The molecule has 59 heavy (non-hydrogen) atoms. The average Bonchev–Trinajstić information content (AvgIpc) is 4.11. The quantitative estimate of drug-likeness (QED) is 0.161. The lowest BCUT2D eigenvalue weighted by molar-refractivity contribution is 0.588. The van der Waals surface area contributed by atoms with E-state index in [0.29, 0.717) is 5.88 Å². The van der Waals surface area contributed by atoms with Crippen LogP contribution in [0.1, 0.15) is 0 Å². The van der Waals surface area contributed by atoms with Gasteiger partial charge in [-0.3, -0.25) is 4.90 Å². The Kier molecular flexibility index (Phi) is 8.06. The Labute approximate surface area is 349 Å². The Balaban J connectivity index is 1.05. The second-order valence-electron chi connectivity index (χ2n) is 14.8. The molecule has 0 fully saturated rings. The molecule has 11 aromatic rings. The van der Waals surface area contributed by atoms with Crippen molar-refractivity contribution in [2.45, 2.75) is 9.79 Å². The van der Waals surface area contributed by atoms with E-state index in [9.17, 15) is 0 Å². The molecule has 12 rings (SSSR count). The highest BCUT2D eigenvalue weighted by Gasteiger charge is 2.25. The maximum Gasteiger partial charge on any atom is 0.205 e. The van der Waals surface area contributed by atoms with Crippen LogP contribution in [0.4, 0.5) is 17.3 Å². The van der Waals surface area contributed by atoms with Gasteiger partial charge in [0.15, 0.2) is 0 Å². The summed E-state index contributed by atoms with van der Waals surface area (Å²) in [5.41, 5.74) is 12.8. The second-order valence-corrected chi connectivity index (χ2v) is 17.2. The van der Waals surface area contributed by atoms with E-state index >= 15 is 0 Å². The van der Waals surface area contributed by atoms with Crippen molar-refractivity contribution in [2.75, 3.05) is 9.98 Å². The Hall–Kier alpha value is -6.86. The SMILES string of the molecule is c1ccc(-c2ccc(N(c3cc(-c4cccc5c4SCS5)c4c(c3)oc3ccccc34)c3ccc(-c4ccc5c6ccccc6n(-c6ccccc6)c5c4)o3)cc2)cc1. The molecule has 6 heteroatoms. The Morgan fingerprint density at radius 1 is 0.458 bits per heavy atom. The number of rotatable bonds is 7. The summed E-state index contributed by atoms with van der Waals surface area (Å²) in [6.45, 7) is 0. The maximum absolute atomic E-state index is 6.99. The van der Waals surface area contributed by atoms with Crippen molar-refractivity contribution < 1.29 is 8.83 Å². The van der Waals surface area contributed by atoms with Gasteiger partial charge in [-0.2, -0.15) is 0 Å². The highest BCUT2D eigenvalue weighted by atomic mass is 32.2. The number of hydrogen-bond acceptors (Lipinski definition) is 5. The number of aromatic nitrogens is 1. The van der Waals surface area contributed by atoms with E-state index in [1.165, 1.54) is 37.2 Å². The molecule has 0 saturated heterocycles. The van der Waals surface area contributed by atoms with Crippen molar-refractivity contribution in [3.63, 3.8) is 0 Å². The summed E-state index contributed by atoms with van der Waals surface area (Å²) < 4.78 is 16.0. The molecule has 0 unspecified atom stereocenters. The van der Waals surface area contributed by atoms with Gasteiger partial charge >= 0.3 is 0 Å². The highest BCUT2D eigenvalue weighted by molar-refractivity contribution is 8.18. The molecule has 1 aliphatic rings. The molecule has 0 spiro atoms. The lowest BCUT2D eigenvalue weighted by Gasteiger charge is -2.24. The van der Waals surface area contributed by atoms with Gasteiger partial charge in [-0.1, -0.05) is 121 Å². The number of nitrogens with zero attached hydrogens (tertiary/aromatic N) is 2. The fourth-order valence-corrected chi connectivity index (χ4v) is 11.3. The van der Waals surface area contributed by atoms with Crippen LogP contribution in [-0.4, -0.2) is 9.65 Å². The van der Waals surface area contributed by atoms with Gasteiger partial charge in [-0.25, -0.2) is 0 Å². The third-order valence-corrected chi connectivity index (χ3v) is 13.9. The van der Waals surface area contributed by atoms with Gasteiger partial charge in [-0.15, -0.1) is 23.5 Å². The zero-order valence-corrected chi connectivity index (χ0v) is 33.3. The van der Waals surface area contributed by atoms with Crippen LogP contribution in [-0.2, 0) is 0 Å². The van der Waals surface area contributed by atoms with E-state index in [-0.39, 0.29) is 0 Å². The fourth-order valence-electron chi connectivity index (χ4n) is 8.74. The third kappa shape index (κ3) is 5.70. The standard InChI is InChI=1S/C53H34N2O2S2/c1-3-12-34(13-4-1)35-22-25-38(26-23-35)54(39-31-44(42-18-11-21-50-53(42)59-33-58-50)52-43-17-8-10-20-48(43)56-49(52)32-39)51-29-28-47(57-51)36-24-27-41-40-16-7-9-19-45(40)55(46(41)30-36)37-14-5-2-6-15-37/h1-32H,33H2. The maximum atomic E-state index is 6.99. The predicted octanol–water partition coefficient (Wildman–Crippen LogP) is 15.9. The molecule has 0 atom stereocenters. The smallest absolute Gasteiger partial charge is 0.205 e. The van der Waals surface area contributed by atoms with Crippen molar-refractivity contribution in [2.24, 2.45) is 0 Å². The number of furan rings is 2. The molecular formula is C53H34N2O2S2. The normalized spacial score (nSPS) is 12.5. The van der Waals surface area contributed by atoms with Gasteiger partial charge in [0.25, 0.3) is 0 Å². The van der Waals surface area contributed by atoms with Gasteiger partial charge in [-0.05, 0) is 82.9 Å². The van der Waals surface area contributed by atoms with Crippen LogP contribution in [0.3, 0.4) is 0 Å². The Bertz CT molecular complexity index is 3360. The topological polar surface area (TPSA) is 34.5 Å². The summed E-state index contributed by atoms with van der Waals surface area (Å²) >= 11 is 3.82. The van der Waals surface area contributed by atoms with Crippen LogP contribution in [0.15, 0.2) is 213 Å². The van der Waals surface area contributed by atoms with Crippen LogP contribution in [0.25, 0.3) is 83.0 Å². The van der Waals surface area contributed by atoms with E-state index in [1.54, 1.807) is 0 Å². The molecule has 0 radical (unpaired) electrons. The number of hydrogen-bond donors (Lipinski definition) is 0. The summed E-state index contributed by atoms with van der Waals surface area (Å²) in [5, 5.41) is 5.67. The van der Waals surface area contributed by atoms with Gasteiger partial charge in [0.2, 0.25) is 5.88 Å². The van der Waals surface area contributed by atoms with Crippen molar-refractivity contribution in [3.8, 4) is 39.3 Å². The second kappa shape index (κ2) is 13.9. The summed E-state index contributed by atoms with van der Waals surface area (Å²) in [4.78, 5) is 4.87. The minimum Gasteiger partial charge on any atom is -0.456 e. The van der Waals surface area contributed by atoms with Crippen LogP contribution in [0.2, 0.25) is 0 Å². The Morgan fingerprint density at radius 3 is 2.05 bits per heavy atom. The third-order valence-electron chi connectivity index (χ3n) is 11.4. The van der Waals surface area contributed by atoms with Gasteiger partial charge in [0.1, 0.15) is 16.9 Å². The summed E-state index contributed by atoms with van der Waals surface area (Å²) in [7, 11) is 0. The van der Waals surface area contributed by atoms with Crippen molar-refractivity contribution in [1.29, 1.82) is 0 Å². The van der Waals surface area contributed by atoms with Gasteiger partial charge in [0.05, 0.1) is 16.7 Å². The molecule has 0 amide bonds. The molecule has 0 saturated carbocycles. The summed E-state index contributed by atoms with van der Waals surface area (Å²) in [6, 6.07) is 68.8. The first-order valence-corrected chi connectivity index (χ1v) is 21.7. The lowest BCUT2D eigenvalue weighted by atomic mass is 9.98. The van der Waals surface area contributed by atoms with Gasteiger partial charge < -0.3 is 13.4 Å². The predicted molar refractivity (Wildman–Crippen MR) is 248 cm³/mol. The highest BCUT2D eigenvalue weighted by Crippen LogP contribution is 2.51. The number of thioether (sulfide) groups is 2. The zero-order chi connectivity index (χ0) is 38.9. The molecule has 1 aliphatic heterocycles. The molecule has 8 aromatic carbocycles. The fraction of sp³-hybridized carbons (Fsp3) is 0.0189. The Morgan fingerprint density at radius 2 is 1.19 bits per heavy atom. The average molecular weight is 795 g/mol. The van der Waals surface area contributed by atoms with Crippen molar-refractivity contribution in [1.82, 2.24) is 4.57 Å². The molecular weight excluding hydrogens is 761 g/mol. The van der Waals surface area contributed by atoms with E-state index in [1.807, 2.05) is 29.6 Å². The molecule has 0 N–H and O–H groups in total. The van der Waals surface area contributed by atoms with E-state index in [2.05, 4.69) is 198 Å². The molecule has 3 aromatic heterocycles. The van der Waals surface area contributed by atoms with Crippen molar-refractivity contribution in [3.05, 3.63) is 194 Å². The molecule has 4 nitrogen and oxygen atoms in total. The zero-order valence-electron chi connectivity index (χ0n) is 31.7. The lowest BCUT2D eigenvalue weighted by Crippen LogP contribution is -2.09. The van der Waals surface area contributed by atoms with E-state index in [0.717, 1.165) is 72.1 Å². The van der Waals surface area contributed by atoms with Crippen LogP contribution in [0, 0.1) is 0 Å². The number of fused-ring (bicyclic) bond motifs is 7. The molecule has 4 heterocycles. The van der Waals surface area contributed by atoms with E-state index < -0.39 is 0 Å². The number of benzene rings is 8. The monoisotopic (exact) mass is 794 g/mol. The minimum atomic E-state index is 0.709. The van der Waals surface area contributed by atoms with Crippen molar-refractivity contribution >= 4 is 84.5 Å². The molecule has 0 aliphatic carbocycles. The minimum absolute atomic E-state index is 0.709. The first-order chi connectivity index (χ1) is 29.2. The first-order valence-electron chi connectivity index (χ1n) is 19.7.